The molecule has 0 saturated carbocycles. The van der Waals surface area contributed by atoms with Crippen LogP contribution < -0.4 is 14.5 Å². The second-order valence-electron chi connectivity index (χ2n) is 8.31. The first-order chi connectivity index (χ1) is 17.8. The molecule has 0 aliphatic carbocycles. The molecule has 37 heavy (non-hydrogen) atoms. The highest BCUT2D eigenvalue weighted by Crippen LogP contribution is 2.25. The molecule has 1 aromatic heterocycles. The highest BCUT2D eigenvalue weighted by Gasteiger charge is 2.27. The number of para-hydroxylation sites is 2. The summed E-state index contributed by atoms with van der Waals surface area (Å²) in [6.07, 6.45) is 1.56. The highest BCUT2D eigenvalue weighted by atomic mass is 32.2. The van der Waals surface area contributed by atoms with Gasteiger partial charge in [-0.3, -0.25) is 9.10 Å². The van der Waals surface area contributed by atoms with Gasteiger partial charge in [-0.15, -0.1) is 0 Å². The summed E-state index contributed by atoms with van der Waals surface area (Å²) in [7, 11) is -2.53. The minimum Gasteiger partial charge on any atom is -0.497 e. The van der Waals surface area contributed by atoms with Crippen molar-refractivity contribution >= 4 is 27.8 Å². The van der Waals surface area contributed by atoms with Crippen LogP contribution in [0.15, 0.2) is 101 Å². The summed E-state index contributed by atoms with van der Waals surface area (Å²) in [4.78, 5) is 12.9. The van der Waals surface area contributed by atoms with Gasteiger partial charge in [-0.1, -0.05) is 36.4 Å². The molecular weight excluding hydrogens is 488 g/mol. The molecule has 0 aliphatic heterocycles. The van der Waals surface area contributed by atoms with Crippen molar-refractivity contribution in [1.29, 1.82) is 0 Å². The van der Waals surface area contributed by atoms with Crippen molar-refractivity contribution < 1.29 is 17.9 Å². The largest absolute Gasteiger partial charge is 0.497 e. The van der Waals surface area contributed by atoms with E-state index in [0.29, 0.717) is 11.4 Å². The van der Waals surface area contributed by atoms with Crippen LogP contribution in [0.1, 0.15) is 17.0 Å². The first kappa shape index (κ1) is 25.7. The number of amides is 1. The normalized spacial score (nSPS) is 11.4. The zero-order valence-electron chi connectivity index (χ0n) is 20.8. The predicted molar refractivity (Wildman–Crippen MR) is 145 cm³/mol. The molecule has 0 radical (unpaired) electrons. The summed E-state index contributed by atoms with van der Waals surface area (Å²) < 4.78 is 35.2. The summed E-state index contributed by atoms with van der Waals surface area (Å²) in [5.41, 5.74) is 6.69. The van der Waals surface area contributed by atoms with E-state index < -0.39 is 22.5 Å². The summed E-state index contributed by atoms with van der Waals surface area (Å²) in [5, 5.41) is 4.10. The molecule has 190 valence electrons. The Hall–Kier alpha value is -4.37. The fraction of sp³-hybridized carbons (Fsp3) is 0.143. The van der Waals surface area contributed by atoms with Crippen LogP contribution in [-0.2, 0) is 14.8 Å². The number of hydrogen-bond acceptors (Lipinski definition) is 5. The van der Waals surface area contributed by atoms with E-state index >= 15 is 0 Å². The third-order valence-electron chi connectivity index (χ3n) is 5.86. The lowest BCUT2D eigenvalue weighted by molar-refractivity contribution is -0.119. The number of nitrogens with zero attached hydrogens (tertiary/aromatic N) is 3. The number of aryl methyl sites for hydroxylation is 1. The van der Waals surface area contributed by atoms with E-state index in [1.54, 1.807) is 48.7 Å². The monoisotopic (exact) mass is 516 g/mol. The molecule has 1 amide bonds. The quantitative estimate of drug-likeness (QED) is 0.263. The van der Waals surface area contributed by atoms with Crippen molar-refractivity contribution in [2.75, 3.05) is 18.0 Å². The van der Waals surface area contributed by atoms with Gasteiger partial charge in [0.05, 0.1) is 23.9 Å². The third-order valence-corrected chi connectivity index (χ3v) is 7.64. The number of carbonyl (C=O) groups excluding carboxylic acids is 1. The number of ether oxygens (including phenoxy) is 1. The zero-order chi connectivity index (χ0) is 26.4. The molecule has 3 aromatic carbocycles. The maximum Gasteiger partial charge on any atom is 0.264 e. The summed E-state index contributed by atoms with van der Waals surface area (Å²) >= 11 is 0. The molecule has 0 atom stereocenters. The van der Waals surface area contributed by atoms with E-state index in [4.69, 9.17) is 4.74 Å². The molecular formula is C28H28N4O4S. The first-order valence-corrected chi connectivity index (χ1v) is 13.0. The van der Waals surface area contributed by atoms with Crippen molar-refractivity contribution in [2.24, 2.45) is 5.10 Å². The third kappa shape index (κ3) is 5.73. The Morgan fingerprint density at radius 1 is 0.973 bits per heavy atom. The average Bonchev–Trinajstić information content (AvgIpc) is 3.20. The van der Waals surface area contributed by atoms with Crippen molar-refractivity contribution in [3.63, 3.8) is 0 Å². The molecule has 1 N–H and O–H groups in total. The Morgan fingerprint density at radius 3 is 2.22 bits per heavy atom. The van der Waals surface area contributed by atoms with Crippen molar-refractivity contribution in [3.05, 3.63) is 108 Å². The van der Waals surface area contributed by atoms with Gasteiger partial charge in [0.25, 0.3) is 15.9 Å². The molecule has 0 saturated heterocycles. The van der Waals surface area contributed by atoms with Crippen LogP contribution in [0.25, 0.3) is 5.69 Å². The molecule has 1 heterocycles. The van der Waals surface area contributed by atoms with Gasteiger partial charge in [0.15, 0.2) is 0 Å². The molecule has 0 unspecified atom stereocenters. The predicted octanol–water partition coefficient (Wildman–Crippen LogP) is 4.45. The lowest BCUT2D eigenvalue weighted by Gasteiger charge is -2.23. The Morgan fingerprint density at radius 2 is 1.59 bits per heavy atom. The first-order valence-electron chi connectivity index (χ1n) is 11.6. The smallest absolute Gasteiger partial charge is 0.264 e. The van der Waals surface area contributed by atoms with E-state index in [1.165, 1.54) is 19.2 Å². The van der Waals surface area contributed by atoms with Crippen molar-refractivity contribution in [1.82, 2.24) is 9.99 Å². The topological polar surface area (TPSA) is 93.0 Å². The molecule has 0 spiro atoms. The van der Waals surface area contributed by atoms with Crippen LogP contribution in [0.2, 0.25) is 0 Å². The SMILES string of the molecule is COc1ccc(S(=O)(=O)N(CC(=O)N/N=C/c2cc(C)n(-c3ccccc3)c2C)c2ccccc2)cc1. The average molecular weight is 517 g/mol. The van der Waals surface area contributed by atoms with Gasteiger partial charge in [-0.2, -0.15) is 5.10 Å². The second-order valence-corrected chi connectivity index (χ2v) is 10.2. The van der Waals surface area contributed by atoms with Crippen molar-refractivity contribution in [3.8, 4) is 11.4 Å². The standard InChI is InChI=1S/C28H28N4O4S/c1-21-18-23(22(2)32(21)25-12-8-5-9-13-25)19-29-30-28(33)20-31(24-10-6-4-7-11-24)37(34,35)27-16-14-26(36-3)15-17-27/h4-19H,20H2,1-3H3,(H,30,33)/b29-19+. The van der Waals surface area contributed by atoms with Gasteiger partial charge in [0.1, 0.15) is 12.3 Å². The summed E-state index contributed by atoms with van der Waals surface area (Å²) in [6.45, 7) is 3.53. The molecule has 0 aliphatic rings. The number of rotatable bonds is 9. The molecule has 8 nitrogen and oxygen atoms in total. The number of nitrogens with one attached hydrogen (secondary N) is 1. The van der Waals surface area contributed by atoms with Crippen molar-refractivity contribution in [2.45, 2.75) is 18.7 Å². The van der Waals surface area contributed by atoms with Crippen LogP contribution >= 0.6 is 0 Å². The minimum absolute atomic E-state index is 0.0433. The number of anilines is 1. The Kier molecular flexibility index (Phi) is 7.74. The van der Waals surface area contributed by atoms with E-state index in [9.17, 15) is 13.2 Å². The van der Waals surface area contributed by atoms with E-state index in [1.807, 2.05) is 50.2 Å². The molecule has 4 rings (SSSR count). The van der Waals surface area contributed by atoms with Gasteiger partial charge in [-0.05, 0) is 68.4 Å². The molecule has 0 fully saturated rings. The van der Waals surface area contributed by atoms with Crippen LogP contribution in [0, 0.1) is 13.8 Å². The zero-order valence-corrected chi connectivity index (χ0v) is 21.6. The van der Waals surface area contributed by atoms with E-state index in [0.717, 1.165) is 26.9 Å². The number of carbonyl (C=O) groups is 1. The number of methoxy groups -OCH3 is 1. The Bertz CT molecular complexity index is 1500. The lowest BCUT2D eigenvalue weighted by Crippen LogP contribution is -2.39. The second kappa shape index (κ2) is 11.1. The number of hydrogen-bond donors (Lipinski definition) is 1. The number of benzene rings is 3. The Labute approximate surface area is 216 Å². The van der Waals surface area contributed by atoms with Gasteiger partial charge in [-0.25, -0.2) is 13.8 Å². The summed E-state index contributed by atoms with van der Waals surface area (Å²) in [6, 6.07) is 26.4. The highest BCUT2D eigenvalue weighted by molar-refractivity contribution is 7.92. The van der Waals surface area contributed by atoms with Gasteiger partial charge in [0.2, 0.25) is 0 Å². The fourth-order valence-electron chi connectivity index (χ4n) is 4.02. The van der Waals surface area contributed by atoms with Gasteiger partial charge >= 0.3 is 0 Å². The molecule has 9 heteroatoms. The van der Waals surface area contributed by atoms with Crippen LogP contribution in [0.4, 0.5) is 5.69 Å². The van der Waals surface area contributed by atoms with Crippen LogP contribution in [-0.4, -0.2) is 38.8 Å². The lowest BCUT2D eigenvalue weighted by atomic mass is 10.2. The van der Waals surface area contributed by atoms with E-state index in [-0.39, 0.29) is 4.90 Å². The van der Waals surface area contributed by atoms with Gasteiger partial charge < -0.3 is 9.30 Å². The summed E-state index contributed by atoms with van der Waals surface area (Å²) in [5.74, 6) is -0.0435. The van der Waals surface area contributed by atoms with Crippen LogP contribution in [0.5, 0.6) is 5.75 Å². The number of hydrazone groups is 1. The minimum atomic E-state index is -4.03. The number of sulfonamides is 1. The molecule has 4 aromatic rings. The van der Waals surface area contributed by atoms with Crippen LogP contribution in [0.3, 0.4) is 0 Å². The fourth-order valence-corrected chi connectivity index (χ4v) is 5.44. The maximum atomic E-state index is 13.4. The Balaban J connectivity index is 1.53. The van der Waals surface area contributed by atoms with Gasteiger partial charge in [0, 0.05) is 22.6 Å². The van der Waals surface area contributed by atoms with E-state index in [2.05, 4.69) is 15.1 Å². The number of aromatic nitrogens is 1. The maximum absolute atomic E-state index is 13.4. The molecule has 0 bridgehead atoms.